The Bertz CT molecular complexity index is 1100. The van der Waals surface area contributed by atoms with E-state index in [2.05, 4.69) is 10.9 Å². The lowest BCUT2D eigenvalue weighted by Crippen LogP contribution is -2.48. The van der Waals surface area contributed by atoms with E-state index < -0.39 is 27.7 Å². The molecule has 2 aromatic rings. The predicted molar refractivity (Wildman–Crippen MR) is 121 cm³/mol. The number of halogens is 1. The molecule has 172 valence electrons. The number of hydrogen-bond donors (Lipinski definition) is 2. The molecule has 0 saturated carbocycles. The second-order valence-electron chi connectivity index (χ2n) is 7.68. The van der Waals surface area contributed by atoms with Crippen molar-refractivity contribution in [3.05, 3.63) is 59.4 Å². The van der Waals surface area contributed by atoms with Crippen LogP contribution in [0.15, 0.2) is 52.3 Å². The lowest BCUT2D eigenvalue weighted by atomic mass is 9.98. The molecule has 1 aliphatic heterocycles. The van der Waals surface area contributed by atoms with Crippen LogP contribution in [0.25, 0.3) is 0 Å². The van der Waals surface area contributed by atoms with E-state index in [-0.39, 0.29) is 29.6 Å². The highest BCUT2D eigenvalue weighted by Crippen LogP contribution is 2.25. The molecular formula is C22H26FN3O4S2. The number of thioether (sulfide) groups is 1. The number of carbonyl (C=O) groups is 2. The number of aryl methyl sites for hydroxylation is 2. The molecule has 1 heterocycles. The van der Waals surface area contributed by atoms with Crippen molar-refractivity contribution >= 4 is 33.6 Å². The summed E-state index contributed by atoms with van der Waals surface area (Å²) in [5.74, 6) is -1.68. The van der Waals surface area contributed by atoms with Gasteiger partial charge in [-0.25, -0.2) is 12.8 Å². The lowest BCUT2D eigenvalue weighted by Gasteiger charge is -2.30. The number of hydrogen-bond acceptors (Lipinski definition) is 5. The molecule has 0 atom stereocenters. The van der Waals surface area contributed by atoms with Crippen molar-refractivity contribution in [3.63, 3.8) is 0 Å². The number of amides is 2. The Hall–Kier alpha value is -2.43. The van der Waals surface area contributed by atoms with E-state index >= 15 is 0 Å². The molecule has 2 aromatic carbocycles. The average Bonchev–Trinajstić information content (AvgIpc) is 2.78. The molecule has 3 rings (SSSR count). The number of nitrogens with zero attached hydrogens (tertiary/aromatic N) is 1. The molecule has 1 aliphatic rings. The summed E-state index contributed by atoms with van der Waals surface area (Å²) in [5, 5.41) is 0. The van der Waals surface area contributed by atoms with E-state index in [0.717, 1.165) is 22.9 Å². The summed E-state index contributed by atoms with van der Waals surface area (Å²) >= 11 is 1.03. The van der Waals surface area contributed by atoms with Crippen LogP contribution in [0.5, 0.6) is 0 Å². The van der Waals surface area contributed by atoms with Gasteiger partial charge in [-0.15, -0.1) is 11.8 Å². The van der Waals surface area contributed by atoms with Crippen LogP contribution in [0, 0.1) is 25.6 Å². The van der Waals surface area contributed by atoms with Gasteiger partial charge in [0.2, 0.25) is 21.8 Å². The van der Waals surface area contributed by atoms with E-state index in [1.54, 1.807) is 36.4 Å². The molecule has 10 heteroatoms. The van der Waals surface area contributed by atoms with Gasteiger partial charge in [0.05, 0.1) is 10.6 Å². The summed E-state index contributed by atoms with van der Waals surface area (Å²) in [5.41, 5.74) is 6.65. The molecule has 7 nitrogen and oxygen atoms in total. The minimum atomic E-state index is -3.61. The van der Waals surface area contributed by atoms with Gasteiger partial charge in [0.1, 0.15) is 5.82 Å². The minimum Gasteiger partial charge on any atom is -0.273 e. The molecule has 32 heavy (non-hydrogen) atoms. The fourth-order valence-corrected chi connectivity index (χ4v) is 5.65. The Morgan fingerprint density at radius 3 is 2.41 bits per heavy atom. The molecular weight excluding hydrogens is 453 g/mol. The smallest absolute Gasteiger partial charge is 0.248 e. The topological polar surface area (TPSA) is 95.6 Å². The third kappa shape index (κ3) is 5.87. The number of piperidine rings is 1. The number of rotatable bonds is 6. The van der Waals surface area contributed by atoms with Gasteiger partial charge in [-0.1, -0.05) is 18.2 Å². The number of carbonyl (C=O) groups excluding carboxylic acids is 2. The zero-order valence-electron chi connectivity index (χ0n) is 17.9. The van der Waals surface area contributed by atoms with Crippen molar-refractivity contribution in [2.24, 2.45) is 5.92 Å². The van der Waals surface area contributed by atoms with E-state index in [1.807, 2.05) is 13.8 Å². The Kier molecular flexibility index (Phi) is 7.91. The first kappa shape index (κ1) is 24.2. The van der Waals surface area contributed by atoms with E-state index in [1.165, 1.54) is 10.4 Å². The van der Waals surface area contributed by atoms with Crippen LogP contribution in [0.3, 0.4) is 0 Å². The Morgan fingerprint density at radius 1 is 1.06 bits per heavy atom. The van der Waals surface area contributed by atoms with Gasteiger partial charge >= 0.3 is 0 Å². The zero-order chi connectivity index (χ0) is 23.3. The number of sulfonamides is 1. The number of benzene rings is 2. The molecule has 1 fully saturated rings. The Morgan fingerprint density at radius 2 is 1.75 bits per heavy atom. The molecule has 0 unspecified atom stereocenters. The summed E-state index contributed by atoms with van der Waals surface area (Å²) in [7, 11) is -3.61. The highest BCUT2D eigenvalue weighted by atomic mass is 32.2. The van der Waals surface area contributed by atoms with E-state index in [4.69, 9.17) is 0 Å². The average molecular weight is 480 g/mol. The molecule has 0 radical (unpaired) electrons. The van der Waals surface area contributed by atoms with Gasteiger partial charge in [-0.2, -0.15) is 4.31 Å². The normalized spacial score (nSPS) is 15.3. The molecule has 0 aromatic heterocycles. The molecule has 0 aliphatic carbocycles. The van der Waals surface area contributed by atoms with Crippen LogP contribution in [0.2, 0.25) is 0 Å². The molecule has 2 N–H and O–H groups in total. The van der Waals surface area contributed by atoms with E-state index in [9.17, 15) is 22.4 Å². The van der Waals surface area contributed by atoms with Crippen LogP contribution in [-0.2, 0) is 19.6 Å². The fourth-order valence-electron chi connectivity index (χ4n) is 3.36. The van der Waals surface area contributed by atoms with Crippen molar-refractivity contribution in [1.82, 2.24) is 15.2 Å². The summed E-state index contributed by atoms with van der Waals surface area (Å²) in [6, 6.07) is 11.2. The Balaban J connectivity index is 1.46. The lowest BCUT2D eigenvalue weighted by molar-refractivity contribution is -0.131. The first-order valence-electron chi connectivity index (χ1n) is 10.2. The van der Waals surface area contributed by atoms with E-state index in [0.29, 0.717) is 17.7 Å². The van der Waals surface area contributed by atoms with Crippen LogP contribution in [-0.4, -0.2) is 43.4 Å². The van der Waals surface area contributed by atoms with Crippen LogP contribution >= 0.6 is 11.8 Å². The van der Waals surface area contributed by atoms with Gasteiger partial charge in [0.15, 0.2) is 0 Å². The van der Waals surface area contributed by atoms with Crippen molar-refractivity contribution in [3.8, 4) is 0 Å². The van der Waals surface area contributed by atoms with Crippen molar-refractivity contribution in [1.29, 1.82) is 0 Å². The molecule has 0 spiro atoms. The monoisotopic (exact) mass is 479 g/mol. The van der Waals surface area contributed by atoms with Crippen molar-refractivity contribution < 1.29 is 22.4 Å². The third-order valence-corrected chi connectivity index (χ3v) is 8.40. The SMILES string of the molecule is Cc1ccc(S(=O)(=O)N2CCC(C(=O)NNC(=O)CSc3ccccc3F)CC2)cc1C. The maximum absolute atomic E-state index is 13.6. The van der Waals surface area contributed by atoms with Gasteiger partial charge in [-0.05, 0) is 62.1 Å². The zero-order valence-corrected chi connectivity index (χ0v) is 19.6. The summed E-state index contributed by atoms with van der Waals surface area (Å²) < 4.78 is 40.8. The Labute approximate surface area is 191 Å². The summed E-state index contributed by atoms with van der Waals surface area (Å²) in [6.07, 6.45) is 0.714. The number of hydrazine groups is 1. The summed E-state index contributed by atoms with van der Waals surface area (Å²) in [6.45, 7) is 4.25. The molecule has 0 bridgehead atoms. The standard InChI is InChI=1S/C22H26FN3O4S2/c1-15-7-8-18(13-16(15)2)32(29,30)26-11-9-17(10-12-26)22(28)25-24-21(27)14-31-20-6-4-3-5-19(20)23/h3-8,13,17H,9-12,14H2,1-2H3,(H,24,27)(H,25,28). The molecule has 2 amide bonds. The second-order valence-corrected chi connectivity index (χ2v) is 10.6. The third-order valence-electron chi connectivity index (χ3n) is 5.46. The molecule has 1 saturated heterocycles. The maximum atomic E-state index is 13.6. The minimum absolute atomic E-state index is 0.0477. The van der Waals surface area contributed by atoms with Crippen LogP contribution in [0.1, 0.15) is 24.0 Å². The fraction of sp³-hybridized carbons (Fsp3) is 0.364. The van der Waals surface area contributed by atoms with Gasteiger partial charge < -0.3 is 0 Å². The summed E-state index contributed by atoms with van der Waals surface area (Å²) in [4.78, 5) is 24.9. The predicted octanol–water partition coefficient (Wildman–Crippen LogP) is 2.78. The largest absolute Gasteiger partial charge is 0.273 e. The highest BCUT2D eigenvalue weighted by molar-refractivity contribution is 8.00. The van der Waals surface area contributed by atoms with Gasteiger partial charge in [0, 0.05) is 23.9 Å². The van der Waals surface area contributed by atoms with Gasteiger partial charge in [-0.3, -0.25) is 20.4 Å². The first-order chi connectivity index (χ1) is 15.2. The van der Waals surface area contributed by atoms with Crippen LogP contribution < -0.4 is 10.9 Å². The maximum Gasteiger partial charge on any atom is 0.248 e. The van der Waals surface area contributed by atoms with Crippen molar-refractivity contribution in [2.45, 2.75) is 36.5 Å². The first-order valence-corrected chi connectivity index (χ1v) is 12.6. The number of nitrogens with one attached hydrogen (secondary N) is 2. The van der Waals surface area contributed by atoms with Gasteiger partial charge in [0.25, 0.3) is 0 Å². The highest BCUT2D eigenvalue weighted by Gasteiger charge is 2.32. The quantitative estimate of drug-likeness (QED) is 0.491. The van der Waals surface area contributed by atoms with Crippen LogP contribution in [0.4, 0.5) is 4.39 Å². The van der Waals surface area contributed by atoms with Crippen molar-refractivity contribution in [2.75, 3.05) is 18.8 Å². The second kappa shape index (κ2) is 10.5.